The van der Waals surface area contributed by atoms with Gasteiger partial charge in [0.05, 0.1) is 11.3 Å². The zero-order chi connectivity index (χ0) is 13.2. The van der Waals surface area contributed by atoms with Crippen molar-refractivity contribution in [3.8, 4) is 0 Å². The summed E-state index contributed by atoms with van der Waals surface area (Å²) in [6, 6.07) is 7.45. The van der Waals surface area contributed by atoms with Crippen molar-refractivity contribution in [1.82, 2.24) is 10.3 Å². The number of aromatic amines is 1. The number of hydrogen-bond acceptors (Lipinski definition) is 3. The van der Waals surface area contributed by atoms with Crippen LogP contribution in [0.4, 0.5) is 0 Å². The van der Waals surface area contributed by atoms with Gasteiger partial charge in [-0.05, 0) is 6.07 Å². The van der Waals surface area contributed by atoms with Gasteiger partial charge in [0.15, 0.2) is 0 Å². The molecule has 1 amide bonds. The van der Waals surface area contributed by atoms with Crippen LogP contribution in [0, 0.1) is 0 Å². The Hall–Kier alpha value is -1.82. The van der Waals surface area contributed by atoms with Crippen LogP contribution in [-0.4, -0.2) is 37.9 Å². The number of carbonyl (C=O) groups is 1. The molecule has 0 fully saturated rings. The molecule has 0 aliphatic carbocycles. The Bertz CT molecular complexity index is 673. The van der Waals surface area contributed by atoms with Crippen molar-refractivity contribution >= 4 is 26.6 Å². The molecular formula is C12H14N2O3S. The summed E-state index contributed by atoms with van der Waals surface area (Å²) in [5.41, 5.74) is 1.41. The summed E-state index contributed by atoms with van der Waals surface area (Å²) < 4.78 is 21.9. The van der Waals surface area contributed by atoms with Gasteiger partial charge < -0.3 is 10.3 Å². The van der Waals surface area contributed by atoms with Crippen LogP contribution in [0.3, 0.4) is 0 Å². The van der Waals surface area contributed by atoms with Crippen LogP contribution >= 0.6 is 0 Å². The highest BCUT2D eigenvalue weighted by molar-refractivity contribution is 7.90. The van der Waals surface area contributed by atoms with Crippen molar-refractivity contribution in [2.24, 2.45) is 0 Å². The second-order valence-corrected chi connectivity index (χ2v) is 6.39. The lowest BCUT2D eigenvalue weighted by Crippen LogP contribution is -2.28. The summed E-state index contributed by atoms with van der Waals surface area (Å²) in [6.45, 7) is 0.122. The molecule has 0 atom stereocenters. The van der Waals surface area contributed by atoms with Crippen LogP contribution in [0.1, 0.15) is 10.4 Å². The summed E-state index contributed by atoms with van der Waals surface area (Å²) in [4.78, 5) is 14.9. The van der Waals surface area contributed by atoms with Crippen LogP contribution in [0.15, 0.2) is 30.5 Å². The lowest BCUT2D eigenvalue weighted by molar-refractivity contribution is 0.0958. The third-order valence-corrected chi connectivity index (χ3v) is 3.54. The Kier molecular flexibility index (Phi) is 3.38. The van der Waals surface area contributed by atoms with Gasteiger partial charge in [-0.3, -0.25) is 4.79 Å². The molecule has 5 nitrogen and oxygen atoms in total. The Morgan fingerprint density at radius 1 is 1.33 bits per heavy atom. The van der Waals surface area contributed by atoms with Crippen molar-refractivity contribution in [1.29, 1.82) is 0 Å². The Labute approximate surface area is 105 Å². The molecule has 18 heavy (non-hydrogen) atoms. The summed E-state index contributed by atoms with van der Waals surface area (Å²) in [5, 5.41) is 3.42. The van der Waals surface area contributed by atoms with Gasteiger partial charge in [0.1, 0.15) is 9.84 Å². The monoisotopic (exact) mass is 266 g/mol. The minimum absolute atomic E-state index is 0.0545. The largest absolute Gasteiger partial charge is 0.360 e. The minimum atomic E-state index is -3.05. The first-order valence-electron chi connectivity index (χ1n) is 5.49. The topological polar surface area (TPSA) is 79.0 Å². The molecule has 0 unspecified atom stereocenters. The number of fused-ring (bicyclic) bond motifs is 1. The van der Waals surface area contributed by atoms with Crippen molar-refractivity contribution < 1.29 is 13.2 Å². The number of H-pyrrole nitrogens is 1. The fourth-order valence-electron chi connectivity index (χ4n) is 1.70. The molecule has 0 saturated carbocycles. The molecule has 6 heteroatoms. The van der Waals surface area contributed by atoms with Gasteiger partial charge in [-0.1, -0.05) is 18.2 Å². The minimum Gasteiger partial charge on any atom is -0.360 e. The molecule has 96 valence electrons. The average Bonchev–Trinajstić information content (AvgIpc) is 2.70. The molecule has 0 aliphatic heterocycles. The Balaban J connectivity index is 2.10. The highest BCUT2D eigenvalue weighted by Gasteiger charge is 2.11. The van der Waals surface area contributed by atoms with Gasteiger partial charge in [-0.15, -0.1) is 0 Å². The van der Waals surface area contributed by atoms with E-state index in [0.717, 1.165) is 17.2 Å². The normalized spacial score (nSPS) is 11.6. The number of nitrogens with one attached hydrogen (secondary N) is 2. The molecule has 1 aromatic heterocycles. The molecule has 1 heterocycles. The van der Waals surface area contributed by atoms with Crippen molar-refractivity contribution in [2.75, 3.05) is 18.6 Å². The molecule has 0 radical (unpaired) electrons. The molecule has 1 aromatic carbocycles. The number of benzene rings is 1. The van der Waals surface area contributed by atoms with Crippen LogP contribution in [0.2, 0.25) is 0 Å². The molecule has 0 aliphatic rings. The SMILES string of the molecule is CS(=O)(=O)CCNC(=O)c1c[nH]c2ccccc12. The van der Waals surface area contributed by atoms with E-state index < -0.39 is 9.84 Å². The molecule has 0 saturated heterocycles. The molecule has 0 bridgehead atoms. The van der Waals surface area contributed by atoms with Crippen molar-refractivity contribution in [3.05, 3.63) is 36.0 Å². The summed E-state index contributed by atoms with van der Waals surface area (Å²) in [7, 11) is -3.05. The van der Waals surface area contributed by atoms with E-state index in [1.54, 1.807) is 6.20 Å². The van der Waals surface area contributed by atoms with E-state index in [0.29, 0.717) is 5.56 Å². The van der Waals surface area contributed by atoms with E-state index in [1.165, 1.54) is 0 Å². The predicted octanol–water partition coefficient (Wildman–Crippen LogP) is 0.942. The second-order valence-electron chi connectivity index (χ2n) is 4.13. The van der Waals surface area contributed by atoms with Gasteiger partial charge in [-0.2, -0.15) is 0 Å². The van der Waals surface area contributed by atoms with Gasteiger partial charge in [0, 0.05) is 29.9 Å². The number of carbonyl (C=O) groups excluding carboxylic acids is 1. The first-order valence-corrected chi connectivity index (χ1v) is 7.55. The van der Waals surface area contributed by atoms with E-state index in [9.17, 15) is 13.2 Å². The number of aromatic nitrogens is 1. The lowest BCUT2D eigenvalue weighted by atomic mass is 10.1. The number of sulfone groups is 1. The number of amides is 1. The summed E-state index contributed by atoms with van der Waals surface area (Å²) in [6.07, 6.45) is 2.77. The van der Waals surface area contributed by atoms with Crippen LogP contribution in [0.25, 0.3) is 10.9 Å². The fourth-order valence-corrected chi connectivity index (χ4v) is 2.18. The maximum Gasteiger partial charge on any atom is 0.253 e. The predicted molar refractivity (Wildman–Crippen MR) is 70.3 cm³/mol. The van der Waals surface area contributed by atoms with Gasteiger partial charge in [-0.25, -0.2) is 8.42 Å². The Morgan fingerprint density at radius 3 is 2.78 bits per heavy atom. The standard InChI is InChI=1S/C12H14N2O3S/c1-18(16,17)7-6-13-12(15)10-8-14-11-5-3-2-4-9(10)11/h2-5,8,14H,6-7H2,1H3,(H,13,15). The zero-order valence-electron chi connectivity index (χ0n) is 9.93. The Morgan fingerprint density at radius 2 is 2.06 bits per heavy atom. The second kappa shape index (κ2) is 4.81. The van der Waals surface area contributed by atoms with Crippen LogP contribution in [-0.2, 0) is 9.84 Å². The summed E-state index contributed by atoms with van der Waals surface area (Å²) >= 11 is 0. The molecule has 2 rings (SSSR count). The zero-order valence-corrected chi connectivity index (χ0v) is 10.8. The smallest absolute Gasteiger partial charge is 0.253 e. The molecule has 2 aromatic rings. The maximum absolute atomic E-state index is 11.9. The van der Waals surface area contributed by atoms with E-state index >= 15 is 0 Å². The van der Waals surface area contributed by atoms with Crippen molar-refractivity contribution in [2.45, 2.75) is 0 Å². The highest BCUT2D eigenvalue weighted by Crippen LogP contribution is 2.17. The van der Waals surface area contributed by atoms with Gasteiger partial charge in [0.2, 0.25) is 0 Å². The highest BCUT2D eigenvalue weighted by atomic mass is 32.2. The van der Waals surface area contributed by atoms with Crippen LogP contribution in [0.5, 0.6) is 0 Å². The third-order valence-electron chi connectivity index (χ3n) is 2.59. The van der Waals surface area contributed by atoms with Crippen LogP contribution < -0.4 is 5.32 Å². The maximum atomic E-state index is 11.9. The summed E-state index contributed by atoms with van der Waals surface area (Å²) in [5.74, 6) is -0.322. The quantitative estimate of drug-likeness (QED) is 0.864. The van der Waals surface area contributed by atoms with Crippen molar-refractivity contribution in [3.63, 3.8) is 0 Å². The first-order chi connectivity index (χ1) is 8.47. The lowest BCUT2D eigenvalue weighted by Gasteiger charge is -2.03. The molecule has 2 N–H and O–H groups in total. The van der Waals surface area contributed by atoms with E-state index in [-0.39, 0.29) is 18.2 Å². The number of rotatable bonds is 4. The van der Waals surface area contributed by atoms with E-state index in [2.05, 4.69) is 10.3 Å². The molecule has 0 spiro atoms. The fraction of sp³-hybridized carbons (Fsp3) is 0.250. The van der Waals surface area contributed by atoms with Gasteiger partial charge in [0.25, 0.3) is 5.91 Å². The van der Waals surface area contributed by atoms with E-state index in [1.807, 2.05) is 24.3 Å². The average molecular weight is 266 g/mol. The first kappa shape index (κ1) is 12.6. The van der Waals surface area contributed by atoms with E-state index in [4.69, 9.17) is 0 Å². The molecular weight excluding hydrogens is 252 g/mol. The third kappa shape index (κ3) is 2.89. The number of para-hydroxylation sites is 1. The van der Waals surface area contributed by atoms with Gasteiger partial charge >= 0.3 is 0 Å². The number of hydrogen-bond donors (Lipinski definition) is 2.